The van der Waals surface area contributed by atoms with Crippen LogP contribution in [-0.4, -0.2) is 24.6 Å². The van der Waals surface area contributed by atoms with Gasteiger partial charge >= 0.3 is 5.69 Å². The highest BCUT2D eigenvalue weighted by Gasteiger charge is 2.25. The van der Waals surface area contributed by atoms with Crippen LogP contribution in [-0.2, 0) is 17.9 Å². The minimum Gasteiger partial charge on any atom is -0.325 e. The molecular formula is C26H27N5O3. The monoisotopic (exact) mass is 457 g/mol. The Hall–Kier alpha value is -3.94. The van der Waals surface area contributed by atoms with E-state index in [0.29, 0.717) is 16.9 Å². The third-order valence-electron chi connectivity index (χ3n) is 6.44. The van der Waals surface area contributed by atoms with Gasteiger partial charge in [0.1, 0.15) is 6.54 Å². The van der Waals surface area contributed by atoms with E-state index < -0.39 is 17.2 Å². The molecule has 0 radical (unpaired) electrons. The van der Waals surface area contributed by atoms with Crippen molar-refractivity contribution in [1.82, 2.24) is 18.7 Å². The van der Waals surface area contributed by atoms with Gasteiger partial charge < -0.3 is 9.88 Å². The summed E-state index contributed by atoms with van der Waals surface area (Å²) in [6.45, 7) is 1.82. The van der Waals surface area contributed by atoms with Crippen molar-refractivity contribution in [2.24, 2.45) is 0 Å². The molecule has 8 heteroatoms. The summed E-state index contributed by atoms with van der Waals surface area (Å²) >= 11 is 0. The van der Waals surface area contributed by atoms with Crippen molar-refractivity contribution < 1.29 is 4.79 Å². The zero-order valence-electron chi connectivity index (χ0n) is 19.1. The van der Waals surface area contributed by atoms with Crippen molar-refractivity contribution in [3.63, 3.8) is 0 Å². The first-order valence-electron chi connectivity index (χ1n) is 11.6. The minimum atomic E-state index is -0.544. The van der Waals surface area contributed by atoms with Gasteiger partial charge in [0, 0.05) is 11.7 Å². The van der Waals surface area contributed by atoms with Gasteiger partial charge in [-0.3, -0.25) is 14.2 Å². The lowest BCUT2D eigenvalue weighted by Crippen LogP contribution is -2.43. The lowest BCUT2D eigenvalue weighted by Gasteiger charge is -2.15. The van der Waals surface area contributed by atoms with E-state index in [1.807, 2.05) is 60.0 Å². The van der Waals surface area contributed by atoms with E-state index in [-0.39, 0.29) is 19.1 Å². The highest BCUT2D eigenvalue weighted by atomic mass is 16.2. The van der Waals surface area contributed by atoms with Crippen LogP contribution in [0.5, 0.6) is 0 Å². The first-order valence-corrected chi connectivity index (χ1v) is 11.6. The SMILES string of the molecule is Cc1cccc(NC(=O)Cn2c(=O)c3c(ncn3C3CCCC3)n(Cc3ccccc3)c2=O)c1. The van der Waals surface area contributed by atoms with E-state index >= 15 is 0 Å². The maximum absolute atomic E-state index is 13.5. The standard InChI is InChI=1S/C26H27N5O3/c1-18-8-7-11-20(14-18)28-22(32)16-30-25(33)23-24(27-17-31(23)21-12-5-6-13-21)29(26(30)34)15-19-9-3-2-4-10-19/h2-4,7-11,14,17,21H,5-6,12-13,15-16H2,1H3,(H,28,32). The highest BCUT2D eigenvalue weighted by molar-refractivity contribution is 5.90. The second-order valence-electron chi connectivity index (χ2n) is 8.93. The van der Waals surface area contributed by atoms with Crippen LogP contribution in [0, 0.1) is 6.92 Å². The lowest BCUT2D eigenvalue weighted by atomic mass is 10.2. The molecule has 2 heterocycles. The Morgan fingerprint density at radius 3 is 2.53 bits per heavy atom. The molecule has 0 unspecified atom stereocenters. The minimum absolute atomic E-state index is 0.176. The topological polar surface area (TPSA) is 90.9 Å². The molecule has 0 atom stereocenters. The molecule has 0 bridgehead atoms. The molecule has 2 aromatic heterocycles. The Balaban J connectivity index is 1.59. The number of amides is 1. The largest absolute Gasteiger partial charge is 0.333 e. The molecule has 1 fully saturated rings. The maximum atomic E-state index is 13.5. The molecule has 0 aliphatic heterocycles. The van der Waals surface area contributed by atoms with Gasteiger partial charge in [-0.1, -0.05) is 55.3 Å². The van der Waals surface area contributed by atoms with Crippen LogP contribution in [0.1, 0.15) is 42.9 Å². The van der Waals surface area contributed by atoms with Crippen molar-refractivity contribution >= 4 is 22.8 Å². The summed E-state index contributed by atoms with van der Waals surface area (Å²) in [5.74, 6) is -0.428. The molecule has 1 saturated carbocycles. The van der Waals surface area contributed by atoms with Crippen molar-refractivity contribution in [1.29, 1.82) is 0 Å². The number of hydrogen-bond donors (Lipinski definition) is 1. The molecule has 2 aromatic carbocycles. The van der Waals surface area contributed by atoms with Gasteiger partial charge in [-0.2, -0.15) is 0 Å². The van der Waals surface area contributed by atoms with E-state index in [1.54, 1.807) is 12.4 Å². The van der Waals surface area contributed by atoms with Crippen LogP contribution in [0.2, 0.25) is 0 Å². The van der Waals surface area contributed by atoms with Gasteiger partial charge in [-0.25, -0.2) is 14.3 Å². The number of aryl methyl sites for hydroxylation is 1. The molecule has 0 saturated heterocycles. The van der Waals surface area contributed by atoms with Crippen molar-refractivity contribution in [2.45, 2.75) is 51.7 Å². The summed E-state index contributed by atoms with van der Waals surface area (Å²) in [6, 6.07) is 17.1. The Kier molecular flexibility index (Phi) is 5.88. The van der Waals surface area contributed by atoms with E-state index in [9.17, 15) is 14.4 Å². The maximum Gasteiger partial charge on any atom is 0.333 e. The van der Waals surface area contributed by atoms with Crippen LogP contribution in [0.25, 0.3) is 11.2 Å². The number of benzene rings is 2. The third-order valence-corrected chi connectivity index (χ3v) is 6.44. The molecule has 4 aromatic rings. The Labute approximate surface area is 196 Å². The molecular weight excluding hydrogens is 430 g/mol. The quantitative estimate of drug-likeness (QED) is 0.480. The summed E-state index contributed by atoms with van der Waals surface area (Å²) in [5.41, 5.74) is 2.26. The molecule has 5 rings (SSSR count). The first-order chi connectivity index (χ1) is 16.5. The number of aromatic nitrogens is 4. The van der Waals surface area contributed by atoms with Crippen molar-refractivity contribution in [3.8, 4) is 0 Å². The zero-order valence-corrected chi connectivity index (χ0v) is 19.1. The van der Waals surface area contributed by atoms with Crippen LogP contribution in [0.4, 0.5) is 5.69 Å². The summed E-state index contributed by atoms with van der Waals surface area (Å²) < 4.78 is 4.43. The van der Waals surface area contributed by atoms with Gasteiger partial charge in [-0.15, -0.1) is 0 Å². The fraction of sp³-hybridized carbons (Fsp3) is 0.308. The van der Waals surface area contributed by atoms with Gasteiger partial charge in [0.05, 0.1) is 12.9 Å². The second-order valence-corrected chi connectivity index (χ2v) is 8.93. The number of hydrogen-bond acceptors (Lipinski definition) is 4. The van der Waals surface area contributed by atoms with Gasteiger partial charge in [0.15, 0.2) is 11.2 Å². The number of nitrogens with zero attached hydrogens (tertiary/aromatic N) is 4. The summed E-state index contributed by atoms with van der Waals surface area (Å²) in [7, 11) is 0. The van der Waals surface area contributed by atoms with Crippen LogP contribution < -0.4 is 16.6 Å². The number of nitrogens with one attached hydrogen (secondary N) is 1. The Morgan fingerprint density at radius 2 is 1.79 bits per heavy atom. The van der Waals surface area contributed by atoms with Crippen molar-refractivity contribution in [2.75, 3.05) is 5.32 Å². The number of anilines is 1. The van der Waals surface area contributed by atoms with E-state index in [0.717, 1.165) is 41.4 Å². The third kappa shape index (κ3) is 4.19. The number of fused-ring (bicyclic) bond motifs is 1. The molecule has 1 aliphatic carbocycles. The highest BCUT2D eigenvalue weighted by Crippen LogP contribution is 2.31. The smallest absolute Gasteiger partial charge is 0.325 e. The van der Waals surface area contributed by atoms with Gasteiger partial charge in [0.2, 0.25) is 5.91 Å². The molecule has 1 N–H and O–H groups in total. The van der Waals surface area contributed by atoms with E-state index in [4.69, 9.17) is 0 Å². The zero-order chi connectivity index (χ0) is 23.7. The van der Waals surface area contributed by atoms with Gasteiger partial charge in [0.25, 0.3) is 5.56 Å². The summed E-state index contributed by atoms with van der Waals surface area (Å²) in [6.07, 6.45) is 5.80. The summed E-state index contributed by atoms with van der Waals surface area (Å²) in [5, 5.41) is 2.80. The fourth-order valence-corrected chi connectivity index (χ4v) is 4.78. The molecule has 174 valence electrons. The number of carbonyl (C=O) groups excluding carboxylic acids is 1. The average molecular weight is 458 g/mol. The second kappa shape index (κ2) is 9.13. The van der Waals surface area contributed by atoms with E-state index in [2.05, 4.69) is 10.3 Å². The summed E-state index contributed by atoms with van der Waals surface area (Å²) in [4.78, 5) is 44.4. The number of imidazole rings is 1. The molecule has 0 spiro atoms. The molecule has 8 nitrogen and oxygen atoms in total. The van der Waals surface area contributed by atoms with Crippen LogP contribution in [0.15, 0.2) is 70.5 Å². The Bertz CT molecular complexity index is 1460. The Morgan fingerprint density at radius 1 is 1.03 bits per heavy atom. The van der Waals surface area contributed by atoms with Gasteiger partial charge in [-0.05, 0) is 43.0 Å². The van der Waals surface area contributed by atoms with Crippen molar-refractivity contribution in [3.05, 3.63) is 92.9 Å². The predicted octanol–water partition coefficient (Wildman–Crippen LogP) is 3.47. The molecule has 1 amide bonds. The molecule has 34 heavy (non-hydrogen) atoms. The lowest BCUT2D eigenvalue weighted by molar-refractivity contribution is -0.116. The normalized spacial score (nSPS) is 14.0. The van der Waals surface area contributed by atoms with Crippen LogP contribution >= 0.6 is 0 Å². The predicted molar refractivity (Wildman–Crippen MR) is 131 cm³/mol. The molecule has 1 aliphatic rings. The number of rotatable bonds is 6. The fourth-order valence-electron chi connectivity index (χ4n) is 4.78. The first kappa shape index (κ1) is 21.9. The number of carbonyl (C=O) groups is 1. The van der Waals surface area contributed by atoms with E-state index in [1.165, 1.54) is 4.57 Å². The van der Waals surface area contributed by atoms with Crippen LogP contribution in [0.3, 0.4) is 0 Å². The average Bonchev–Trinajstić information content (AvgIpc) is 3.50.